The van der Waals surface area contributed by atoms with E-state index in [1.165, 1.54) is 5.56 Å². The summed E-state index contributed by atoms with van der Waals surface area (Å²) in [5.74, 6) is 1.10. The predicted octanol–water partition coefficient (Wildman–Crippen LogP) is 6.78. The maximum absolute atomic E-state index is 12.5. The number of rotatable bonds is 6. The molecule has 1 heterocycles. The number of anilines is 1. The fourth-order valence-electron chi connectivity index (χ4n) is 2.80. The molecule has 0 saturated heterocycles. The van der Waals surface area contributed by atoms with Crippen LogP contribution in [0.5, 0.6) is 5.75 Å². The van der Waals surface area contributed by atoms with Gasteiger partial charge in [-0.2, -0.15) is 0 Å². The van der Waals surface area contributed by atoms with Crippen molar-refractivity contribution in [2.45, 2.75) is 52.2 Å². The number of aromatic nitrogens is 2. The fraction of sp³-hybridized carbons (Fsp3) is 0.320. The highest BCUT2D eigenvalue weighted by molar-refractivity contribution is 9.10. The van der Waals surface area contributed by atoms with Gasteiger partial charge in [0.2, 0.25) is 14.2 Å². The summed E-state index contributed by atoms with van der Waals surface area (Å²) >= 11 is 3.43. The van der Waals surface area contributed by atoms with E-state index in [9.17, 15) is 4.79 Å². The molecule has 3 rings (SSSR count). The molecule has 1 aromatic heterocycles. The standard InChI is InChI=1S/C25H30BrN3O2Si/c1-17-7-11-19(12-8-17)21-16-27-24(23(26)28-21)29-22(30)15-18-9-13-20(14-10-18)31-32(5,6)25(2,3)4/h7-14,16H,15H2,1-6H3,(H,27,29,30). The summed E-state index contributed by atoms with van der Waals surface area (Å²) in [7, 11) is -1.88. The number of nitrogens with one attached hydrogen (secondary N) is 1. The van der Waals surface area contributed by atoms with E-state index in [2.05, 4.69) is 65.1 Å². The molecule has 0 unspecified atom stereocenters. The summed E-state index contributed by atoms with van der Waals surface area (Å²) in [6.07, 6.45) is 1.91. The molecule has 0 fully saturated rings. The lowest BCUT2D eigenvalue weighted by Gasteiger charge is -2.36. The molecule has 168 valence electrons. The van der Waals surface area contributed by atoms with Gasteiger partial charge in [0.25, 0.3) is 0 Å². The van der Waals surface area contributed by atoms with Gasteiger partial charge in [-0.25, -0.2) is 9.97 Å². The minimum atomic E-state index is -1.88. The van der Waals surface area contributed by atoms with Crippen molar-refractivity contribution in [2.75, 3.05) is 5.32 Å². The predicted molar refractivity (Wildman–Crippen MR) is 137 cm³/mol. The SMILES string of the molecule is Cc1ccc(-c2cnc(NC(=O)Cc3ccc(O[Si](C)(C)C(C)(C)C)cc3)c(Br)n2)cc1. The number of hydrogen-bond donors (Lipinski definition) is 1. The largest absolute Gasteiger partial charge is 0.544 e. The molecule has 3 aromatic rings. The Morgan fingerprint density at radius 3 is 2.25 bits per heavy atom. The minimum Gasteiger partial charge on any atom is -0.544 e. The van der Waals surface area contributed by atoms with Crippen LogP contribution in [0.4, 0.5) is 5.82 Å². The summed E-state index contributed by atoms with van der Waals surface area (Å²) in [5.41, 5.74) is 3.81. The van der Waals surface area contributed by atoms with Crippen molar-refractivity contribution in [1.29, 1.82) is 0 Å². The number of benzene rings is 2. The second-order valence-electron chi connectivity index (χ2n) is 9.49. The molecule has 0 saturated carbocycles. The zero-order valence-corrected chi connectivity index (χ0v) is 22.1. The third-order valence-electron chi connectivity index (χ3n) is 5.80. The lowest BCUT2D eigenvalue weighted by atomic mass is 10.1. The zero-order chi connectivity index (χ0) is 23.5. The van der Waals surface area contributed by atoms with Crippen molar-refractivity contribution in [3.63, 3.8) is 0 Å². The van der Waals surface area contributed by atoms with Crippen molar-refractivity contribution < 1.29 is 9.22 Å². The quantitative estimate of drug-likeness (QED) is 0.370. The highest BCUT2D eigenvalue weighted by Crippen LogP contribution is 2.37. The first kappa shape index (κ1) is 24.1. The van der Waals surface area contributed by atoms with Crippen LogP contribution in [0.15, 0.2) is 59.3 Å². The van der Waals surface area contributed by atoms with Gasteiger partial charge in [-0.3, -0.25) is 4.79 Å². The molecule has 0 aliphatic carbocycles. The van der Waals surface area contributed by atoms with E-state index in [0.717, 1.165) is 22.6 Å². The number of carbonyl (C=O) groups excluding carboxylic acids is 1. The minimum absolute atomic E-state index is 0.134. The van der Waals surface area contributed by atoms with Gasteiger partial charge in [0.1, 0.15) is 10.4 Å². The van der Waals surface area contributed by atoms with E-state index in [1.807, 2.05) is 55.5 Å². The molecule has 2 aromatic carbocycles. The van der Waals surface area contributed by atoms with Crippen molar-refractivity contribution in [1.82, 2.24) is 9.97 Å². The van der Waals surface area contributed by atoms with E-state index < -0.39 is 8.32 Å². The second kappa shape index (κ2) is 9.54. The molecule has 5 nitrogen and oxygen atoms in total. The summed E-state index contributed by atoms with van der Waals surface area (Å²) < 4.78 is 6.81. The normalized spacial score (nSPS) is 11.8. The monoisotopic (exact) mass is 511 g/mol. The Labute approximate surface area is 199 Å². The number of amides is 1. The van der Waals surface area contributed by atoms with E-state index in [4.69, 9.17) is 4.43 Å². The molecule has 0 aliphatic heterocycles. The molecular weight excluding hydrogens is 482 g/mol. The molecule has 0 atom stereocenters. The Kier molecular flexibility index (Phi) is 7.20. The first-order valence-corrected chi connectivity index (χ1v) is 14.3. The second-order valence-corrected chi connectivity index (χ2v) is 15.0. The Morgan fingerprint density at radius 1 is 1.06 bits per heavy atom. The number of hydrogen-bond acceptors (Lipinski definition) is 4. The number of halogens is 1. The maximum atomic E-state index is 12.5. The van der Waals surface area contributed by atoms with Crippen LogP contribution in [-0.2, 0) is 11.2 Å². The number of aryl methyl sites for hydroxylation is 1. The summed E-state index contributed by atoms with van der Waals surface area (Å²) in [6, 6.07) is 15.8. The van der Waals surface area contributed by atoms with Gasteiger partial charge in [-0.15, -0.1) is 0 Å². The van der Waals surface area contributed by atoms with Crippen LogP contribution >= 0.6 is 15.9 Å². The average Bonchev–Trinajstić information content (AvgIpc) is 2.70. The Bertz CT molecular complexity index is 1090. The van der Waals surface area contributed by atoms with Gasteiger partial charge >= 0.3 is 0 Å². The van der Waals surface area contributed by atoms with Crippen LogP contribution in [0.3, 0.4) is 0 Å². The zero-order valence-electron chi connectivity index (χ0n) is 19.5. The Hall–Kier alpha value is -2.51. The van der Waals surface area contributed by atoms with Crippen LogP contribution in [0.2, 0.25) is 18.1 Å². The topological polar surface area (TPSA) is 64.1 Å². The van der Waals surface area contributed by atoms with E-state index >= 15 is 0 Å². The van der Waals surface area contributed by atoms with Gasteiger partial charge in [0.05, 0.1) is 18.3 Å². The third kappa shape index (κ3) is 6.04. The lowest BCUT2D eigenvalue weighted by Crippen LogP contribution is -2.43. The third-order valence-corrected chi connectivity index (χ3v) is 10.7. The smallest absolute Gasteiger partial charge is 0.250 e. The summed E-state index contributed by atoms with van der Waals surface area (Å²) in [4.78, 5) is 21.5. The first-order chi connectivity index (χ1) is 14.9. The fourth-order valence-corrected chi connectivity index (χ4v) is 4.22. The average molecular weight is 513 g/mol. The van der Waals surface area contributed by atoms with Crippen LogP contribution in [0.25, 0.3) is 11.3 Å². The van der Waals surface area contributed by atoms with Crippen molar-refractivity contribution in [3.8, 4) is 17.0 Å². The van der Waals surface area contributed by atoms with Crippen molar-refractivity contribution >= 4 is 36.0 Å². The summed E-state index contributed by atoms with van der Waals surface area (Å²) in [5, 5.41) is 2.97. The molecule has 7 heteroatoms. The number of nitrogens with zero attached hydrogens (tertiary/aromatic N) is 2. The number of carbonyl (C=O) groups is 1. The lowest BCUT2D eigenvalue weighted by molar-refractivity contribution is -0.115. The van der Waals surface area contributed by atoms with E-state index in [-0.39, 0.29) is 17.4 Å². The molecule has 1 amide bonds. The maximum Gasteiger partial charge on any atom is 0.250 e. The van der Waals surface area contributed by atoms with Crippen LogP contribution in [0.1, 0.15) is 31.9 Å². The van der Waals surface area contributed by atoms with E-state index in [0.29, 0.717) is 10.4 Å². The molecule has 0 spiro atoms. The Morgan fingerprint density at radius 2 is 1.69 bits per heavy atom. The van der Waals surface area contributed by atoms with Gasteiger partial charge in [0, 0.05) is 5.56 Å². The van der Waals surface area contributed by atoms with Gasteiger partial charge in [-0.1, -0.05) is 62.7 Å². The van der Waals surface area contributed by atoms with Gasteiger partial charge < -0.3 is 9.74 Å². The van der Waals surface area contributed by atoms with Crippen molar-refractivity contribution in [2.24, 2.45) is 0 Å². The molecule has 32 heavy (non-hydrogen) atoms. The Balaban J connectivity index is 1.62. The summed E-state index contributed by atoms with van der Waals surface area (Å²) in [6.45, 7) is 13.1. The molecule has 0 aliphatic rings. The highest BCUT2D eigenvalue weighted by atomic mass is 79.9. The van der Waals surface area contributed by atoms with Crippen LogP contribution < -0.4 is 9.74 Å². The molecule has 1 N–H and O–H groups in total. The highest BCUT2D eigenvalue weighted by Gasteiger charge is 2.38. The molecular formula is C25H30BrN3O2Si. The van der Waals surface area contributed by atoms with E-state index in [1.54, 1.807) is 6.20 Å². The van der Waals surface area contributed by atoms with Crippen molar-refractivity contribution in [3.05, 3.63) is 70.5 Å². The van der Waals surface area contributed by atoms with Crippen LogP contribution in [-0.4, -0.2) is 24.2 Å². The van der Waals surface area contributed by atoms with Crippen LogP contribution in [0, 0.1) is 6.92 Å². The van der Waals surface area contributed by atoms with Gasteiger partial charge in [0.15, 0.2) is 5.82 Å². The first-order valence-electron chi connectivity index (χ1n) is 10.6. The molecule has 0 radical (unpaired) electrons. The van der Waals surface area contributed by atoms with Gasteiger partial charge in [-0.05, 0) is 58.7 Å². The molecule has 0 bridgehead atoms.